The zero-order valence-corrected chi connectivity index (χ0v) is 7.28. The molecular weight excluding hydrogens is 142 g/mol. The van der Waals surface area contributed by atoms with E-state index in [0.717, 1.165) is 5.75 Å². The Hall–Kier alpha value is 0.0200. The summed E-state index contributed by atoms with van der Waals surface area (Å²) < 4.78 is 0. The van der Waals surface area contributed by atoms with Crippen molar-refractivity contribution in [3.8, 4) is 0 Å². The van der Waals surface area contributed by atoms with Crippen molar-refractivity contribution in [3.05, 3.63) is 6.04 Å². The maximum Gasteiger partial charge on any atom is 0.0966 e. The van der Waals surface area contributed by atoms with Crippen LogP contribution in [-0.4, -0.2) is 11.3 Å². The molecule has 1 rings (SSSR count). The Morgan fingerprint density at radius 2 is 2.50 bits per heavy atom. The van der Waals surface area contributed by atoms with Crippen LogP contribution < -0.4 is 0 Å². The number of nitrogens with zero attached hydrogens (tertiary/aromatic N) is 1. The van der Waals surface area contributed by atoms with Crippen molar-refractivity contribution in [1.82, 2.24) is 0 Å². The summed E-state index contributed by atoms with van der Waals surface area (Å²) in [5, 5.41) is 0. The van der Waals surface area contributed by atoms with Gasteiger partial charge < -0.3 is 0 Å². The van der Waals surface area contributed by atoms with Crippen LogP contribution in [0.25, 0.3) is 0 Å². The lowest BCUT2D eigenvalue weighted by Gasteiger charge is -2.01. The Morgan fingerprint density at radius 1 is 1.60 bits per heavy atom. The first kappa shape index (κ1) is 8.12. The molecule has 1 nitrogen and oxygen atoms in total. The molecule has 10 heavy (non-hydrogen) atoms. The van der Waals surface area contributed by atoms with Crippen molar-refractivity contribution in [3.63, 3.8) is 0 Å². The van der Waals surface area contributed by atoms with Crippen LogP contribution in [-0.2, 0) is 0 Å². The van der Waals surface area contributed by atoms with Crippen molar-refractivity contribution >= 4 is 17.3 Å². The van der Waals surface area contributed by atoms with E-state index in [1.807, 2.05) is 17.3 Å². The second kappa shape index (κ2) is 4.78. The van der Waals surface area contributed by atoms with Crippen LogP contribution in [0.1, 0.15) is 32.6 Å². The van der Waals surface area contributed by atoms with E-state index < -0.39 is 0 Å². The van der Waals surface area contributed by atoms with Gasteiger partial charge >= 0.3 is 0 Å². The van der Waals surface area contributed by atoms with Crippen molar-refractivity contribution in [2.45, 2.75) is 32.6 Å². The number of unbranched alkanes of at least 4 members (excludes halogenated alkanes) is 2. The van der Waals surface area contributed by atoms with Gasteiger partial charge in [0.1, 0.15) is 0 Å². The molecule has 0 aliphatic carbocycles. The molecule has 0 spiro atoms. The van der Waals surface area contributed by atoms with Gasteiger partial charge in [-0.3, -0.25) is 4.99 Å². The fourth-order valence-corrected chi connectivity index (χ4v) is 1.71. The molecule has 1 radical (unpaired) electrons. The molecular formula is C8H14NS. The van der Waals surface area contributed by atoms with Gasteiger partial charge in [-0.05, 0) is 6.42 Å². The third kappa shape index (κ3) is 2.74. The highest BCUT2D eigenvalue weighted by molar-refractivity contribution is 8.12. The lowest BCUT2D eigenvalue weighted by molar-refractivity contribution is 0.675. The molecule has 0 atom stereocenters. The highest BCUT2D eigenvalue weighted by atomic mass is 32.2. The van der Waals surface area contributed by atoms with Crippen LogP contribution in [0.5, 0.6) is 0 Å². The van der Waals surface area contributed by atoms with Gasteiger partial charge in [-0.15, -0.1) is 11.8 Å². The molecule has 0 N–H and O–H groups in total. The first-order valence-electron chi connectivity index (χ1n) is 3.92. The van der Waals surface area contributed by atoms with E-state index in [4.69, 9.17) is 0 Å². The molecule has 57 valence electrons. The average Bonchev–Trinajstić information content (AvgIpc) is 2.41. The van der Waals surface area contributed by atoms with E-state index >= 15 is 0 Å². The lowest BCUT2D eigenvalue weighted by Crippen LogP contribution is -1.91. The van der Waals surface area contributed by atoms with Crippen LogP contribution >= 0.6 is 11.8 Å². The minimum atomic E-state index is 1.14. The maximum absolute atomic E-state index is 4.26. The fraction of sp³-hybridized carbons (Fsp3) is 0.750. The minimum Gasteiger partial charge on any atom is -0.276 e. The fourth-order valence-electron chi connectivity index (χ4n) is 0.998. The smallest absolute Gasteiger partial charge is 0.0966 e. The molecule has 0 aromatic carbocycles. The molecule has 0 fully saturated rings. The largest absolute Gasteiger partial charge is 0.276 e. The molecule has 1 heterocycles. The zero-order chi connectivity index (χ0) is 7.23. The predicted molar refractivity (Wildman–Crippen MR) is 48.3 cm³/mol. The summed E-state index contributed by atoms with van der Waals surface area (Å²) >= 11 is 1.81. The highest BCUT2D eigenvalue weighted by Crippen LogP contribution is 2.23. The van der Waals surface area contributed by atoms with E-state index in [9.17, 15) is 0 Å². The quantitative estimate of drug-likeness (QED) is 0.570. The van der Waals surface area contributed by atoms with Crippen LogP contribution in [0.4, 0.5) is 0 Å². The van der Waals surface area contributed by atoms with Gasteiger partial charge in [-0.1, -0.05) is 26.2 Å². The third-order valence-electron chi connectivity index (χ3n) is 1.63. The van der Waals surface area contributed by atoms with Gasteiger partial charge in [0.2, 0.25) is 0 Å². The van der Waals surface area contributed by atoms with Crippen molar-refractivity contribution in [2.75, 3.05) is 5.75 Å². The van der Waals surface area contributed by atoms with Crippen molar-refractivity contribution < 1.29 is 0 Å². The molecule has 0 saturated heterocycles. The van der Waals surface area contributed by atoms with Gasteiger partial charge in [-0.25, -0.2) is 0 Å². The molecule has 0 aromatic rings. The monoisotopic (exact) mass is 156 g/mol. The van der Waals surface area contributed by atoms with E-state index in [1.54, 1.807) is 0 Å². The van der Waals surface area contributed by atoms with Crippen LogP contribution in [0.15, 0.2) is 4.99 Å². The van der Waals surface area contributed by atoms with Crippen LogP contribution in [0, 0.1) is 6.04 Å². The summed E-state index contributed by atoms with van der Waals surface area (Å²) in [4.78, 5) is 4.26. The predicted octanol–water partition coefficient (Wildman–Crippen LogP) is 2.87. The number of aliphatic imine (C=N–C) groups is 1. The van der Waals surface area contributed by atoms with E-state index in [-0.39, 0.29) is 0 Å². The summed E-state index contributed by atoms with van der Waals surface area (Å²) in [6.45, 7) is 2.23. The molecule has 0 bridgehead atoms. The summed E-state index contributed by atoms with van der Waals surface area (Å²) in [5.41, 5.74) is 1.96. The summed E-state index contributed by atoms with van der Waals surface area (Å²) in [6.07, 6.45) is 5.20. The maximum atomic E-state index is 4.26. The Labute approximate surface area is 67.3 Å². The summed E-state index contributed by atoms with van der Waals surface area (Å²) in [6, 6.07) is 1.39. The number of hydrogen-bond acceptors (Lipinski definition) is 2. The normalized spacial score (nSPS) is 18.5. The zero-order valence-electron chi connectivity index (χ0n) is 6.47. The van der Waals surface area contributed by atoms with Gasteiger partial charge in [0.15, 0.2) is 0 Å². The Bertz CT molecular complexity index is 112. The summed E-state index contributed by atoms with van der Waals surface area (Å²) in [7, 11) is 0. The SMILES string of the molecule is CCCCC[C]1CSC=N1. The van der Waals surface area contributed by atoms with E-state index in [2.05, 4.69) is 11.9 Å². The Morgan fingerprint density at radius 3 is 3.10 bits per heavy atom. The molecule has 0 saturated carbocycles. The number of hydrogen-bond donors (Lipinski definition) is 0. The van der Waals surface area contributed by atoms with Gasteiger partial charge in [0.25, 0.3) is 0 Å². The molecule has 2 heteroatoms. The Kier molecular flexibility index (Phi) is 3.88. The molecule has 0 amide bonds. The first-order valence-corrected chi connectivity index (χ1v) is 4.97. The second-order valence-electron chi connectivity index (χ2n) is 2.57. The molecule has 0 aromatic heterocycles. The highest BCUT2D eigenvalue weighted by Gasteiger charge is 2.10. The number of thioether (sulfide) groups is 1. The first-order chi connectivity index (χ1) is 4.93. The van der Waals surface area contributed by atoms with Gasteiger partial charge in [0, 0.05) is 5.75 Å². The van der Waals surface area contributed by atoms with Gasteiger partial charge in [-0.2, -0.15) is 0 Å². The van der Waals surface area contributed by atoms with E-state index in [0.29, 0.717) is 0 Å². The summed E-state index contributed by atoms with van der Waals surface area (Å²) in [5.74, 6) is 1.14. The molecule has 1 aliphatic rings. The third-order valence-corrected chi connectivity index (χ3v) is 2.38. The minimum absolute atomic E-state index is 1.14. The van der Waals surface area contributed by atoms with E-state index in [1.165, 1.54) is 31.7 Å². The second-order valence-corrected chi connectivity index (χ2v) is 3.40. The Balaban J connectivity index is 1.97. The van der Waals surface area contributed by atoms with Crippen LogP contribution in [0.2, 0.25) is 0 Å². The van der Waals surface area contributed by atoms with Crippen molar-refractivity contribution in [1.29, 1.82) is 0 Å². The topological polar surface area (TPSA) is 12.4 Å². The lowest BCUT2D eigenvalue weighted by atomic mass is 10.1. The van der Waals surface area contributed by atoms with Crippen molar-refractivity contribution in [2.24, 2.45) is 4.99 Å². The van der Waals surface area contributed by atoms with Gasteiger partial charge in [0.05, 0.1) is 11.6 Å². The standard InChI is InChI=1S/C8H14NS/c1-2-3-4-5-8-6-10-7-9-8/h7H,2-6H2,1H3. The molecule has 1 aliphatic heterocycles. The van der Waals surface area contributed by atoms with Crippen LogP contribution in [0.3, 0.4) is 0 Å². The number of rotatable bonds is 4. The average molecular weight is 156 g/mol. The molecule has 0 unspecified atom stereocenters.